The molecular weight excluding hydrogens is 394 g/mol. The molecular formula is C26H26F2N2O. The first-order valence-corrected chi connectivity index (χ1v) is 10.7. The normalized spacial score (nSPS) is 18.4. The Balaban J connectivity index is 1.49. The summed E-state index contributed by atoms with van der Waals surface area (Å²) in [6.45, 7) is 0.441. The van der Waals surface area contributed by atoms with Crippen LogP contribution in [0.4, 0.5) is 19.3 Å². The fourth-order valence-electron chi connectivity index (χ4n) is 4.37. The molecule has 31 heavy (non-hydrogen) atoms. The molecule has 1 fully saturated rings. The fraction of sp³-hybridized carbons (Fsp3) is 0.269. The highest BCUT2D eigenvalue weighted by Crippen LogP contribution is 2.35. The lowest BCUT2D eigenvalue weighted by Crippen LogP contribution is -2.44. The molecule has 0 aromatic heterocycles. The number of benzene rings is 3. The molecule has 1 N–H and O–H groups in total. The molecule has 0 radical (unpaired) electrons. The zero-order valence-electron chi connectivity index (χ0n) is 17.3. The van der Waals surface area contributed by atoms with Gasteiger partial charge in [-0.2, -0.15) is 0 Å². The largest absolute Gasteiger partial charge is 0.322 e. The molecule has 0 atom stereocenters. The summed E-state index contributed by atoms with van der Waals surface area (Å²) in [6, 6.07) is 23.1. The van der Waals surface area contributed by atoms with E-state index in [0.717, 1.165) is 43.4 Å². The summed E-state index contributed by atoms with van der Waals surface area (Å²) in [7, 11) is 0. The molecule has 0 saturated heterocycles. The molecule has 0 bridgehead atoms. The number of carbonyl (C=O) groups excluding carboxylic acids is 1. The maximum Gasteiger partial charge on any atom is 0.322 e. The second-order valence-electron chi connectivity index (χ2n) is 8.08. The summed E-state index contributed by atoms with van der Waals surface area (Å²) >= 11 is 0. The monoisotopic (exact) mass is 420 g/mol. The molecule has 0 aliphatic heterocycles. The van der Waals surface area contributed by atoms with Crippen molar-refractivity contribution in [3.63, 3.8) is 0 Å². The molecule has 4 rings (SSSR count). The number of nitrogens with one attached hydrogen (secondary N) is 1. The van der Waals surface area contributed by atoms with Gasteiger partial charge in [0.15, 0.2) is 0 Å². The Morgan fingerprint density at radius 3 is 2.16 bits per heavy atom. The molecule has 1 aliphatic rings. The van der Waals surface area contributed by atoms with Crippen LogP contribution in [0.3, 0.4) is 0 Å². The molecule has 2 amide bonds. The van der Waals surface area contributed by atoms with E-state index >= 15 is 0 Å². The van der Waals surface area contributed by atoms with Gasteiger partial charge in [-0.05, 0) is 54.9 Å². The van der Waals surface area contributed by atoms with Gasteiger partial charge in [-0.3, -0.25) is 0 Å². The van der Waals surface area contributed by atoms with Gasteiger partial charge in [0.25, 0.3) is 0 Å². The molecule has 1 aliphatic carbocycles. The Morgan fingerprint density at radius 1 is 0.871 bits per heavy atom. The number of urea groups is 1. The molecule has 1 saturated carbocycles. The third-order valence-corrected chi connectivity index (χ3v) is 6.04. The third-order valence-electron chi connectivity index (χ3n) is 6.04. The summed E-state index contributed by atoms with van der Waals surface area (Å²) < 4.78 is 27.3. The standard InChI is InChI=1S/C26H26F2N2O/c27-22-13-16-25(24(28)17-22)29-26(31)30(18-19-7-3-1-4-8-19)23-14-11-21(12-15-23)20-9-5-2-6-10-20/h1-10,13,16-17,21,23H,11-12,14-15,18H2,(H,29,31). The summed E-state index contributed by atoms with van der Waals surface area (Å²) in [5.74, 6) is -0.953. The SMILES string of the molecule is O=C(Nc1ccc(F)cc1F)N(Cc1ccccc1)C1CCC(c2ccccc2)CC1. The van der Waals surface area contributed by atoms with Crippen LogP contribution < -0.4 is 5.32 Å². The number of hydrogen-bond donors (Lipinski definition) is 1. The lowest BCUT2D eigenvalue weighted by Gasteiger charge is -2.37. The van der Waals surface area contributed by atoms with E-state index in [1.54, 1.807) is 4.90 Å². The van der Waals surface area contributed by atoms with E-state index in [-0.39, 0.29) is 17.8 Å². The van der Waals surface area contributed by atoms with E-state index in [9.17, 15) is 13.6 Å². The number of carbonyl (C=O) groups is 1. The molecule has 160 valence electrons. The summed E-state index contributed by atoms with van der Waals surface area (Å²) in [6.07, 6.45) is 3.76. The number of nitrogens with zero attached hydrogens (tertiary/aromatic N) is 1. The Kier molecular flexibility index (Phi) is 6.60. The van der Waals surface area contributed by atoms with Crippen LogP contribution in [0.25, 0.3) is 0 Å². The van der Waals surface area contributed by atoms with E-state index in [0.29, 0.717) is 12.5 Å². The maximum atomic E-state index is 14.1. The fourth-order valence-corrected chi connectivity index (χ4v) is 4.37. The third kappa shape index (κ3) is 5.29. The van der Waals surface area contributed by atoms with E-state index < -0.39 is 11.6 Å². The van der Waals surface area contributed by atoms with Crippen molar-refractivity contribution in [2.24, 2.45) is 0 Å². The van der Waals surface area contributed by atoms with Crippen molar-refractivity contribution in [1.82, 2.24) is 4.90 Å². The van der Waals surface area contributed by atoms with E-state index in [1.807, 2.05) is 36.4 Å². The number of anilines is 1. The van der Waals surface area contributed by atoms with Gasteiger partial charge < -0.3 is 10.2 Å². The van der Waals surface area contributed by atoms with Crippen LogP contribution in [0.15, 0.2) is 78.9 Å². The molecule has 0 unspecified atom stereocenters. The van der Waals surface area contributed by atoms with Crippen LogP contribution in [-0.4, -0.2) is 17.0 Å². The lowest BCUT2D eigenvalue weighted by molar-refractivity contribution is 0.158. The van der Waals surface area contributed by atoms with Crippen molar-refractivity contribution < 1.29 is 13.6 Å². The highest BCUT2D eigenvalue weighted by Gasteiger charge is 2.30. The van der Waals surface area contributed by atoms with E-state index in [2.05, 4.69) is 29.6 Å². The van der Waals surface area contributed by atoms with Gasteiger partial charge in [-0.1, -0.05) is 60.7 Å². The topological polar surface area (TPSA) is 32.3 Å². The van der Waals surface area contributed by atoms with Gasteiger partial charge in [0.2, 0.25) is 0 Å². The molecule has 0 heterocycles. The first-order valence-electron chi connectivity index (χ1n) is 10.7. The van der Waals surface area contributed by atoms with Crippen LogP contribution in [0.5, 0.6) is 0 Å². The van der Waals surface area contributed by atoms with Crippen molar-refractivity contribution in [3.8, 4) is 0 Å². The van der Waals surface area contributed by atoms with Gasteiger partial charge >= 0.3 is 6.03 Å². The molecule has 0 spiro atoms. The van der Waals surface area contributed by atoms with Crippen LogP contribution in [0.1, 0.15) is 42.7 Å². The van der Waals surface area contributed by atoms with E-state index in [4.69, 9.17) is 0 Å². The Labute approximate surface area is 181 Å². The average Bonchev–Trinajstić information content (AvgIpc) is 2.81. The number of rotatable bonds is 5. The zero-order chi connectivity index (χ0) is 21.6. The first-order chi connectivity index (χ1) is 15.1. The lowest BCUT2D eigenvalue weighted by atomic mass is 9.81. The van der Waals surface area contributed by atoms with Gasteiger partial charge in [0.1, 0.15) is 11.6 Å². The van der Waals surface area contributed by atoms with Crippen LogP contribution >= 0.6 is 0 Å². The van der Waals surface area contributed by atoms with E-state index in [1.165, 1.54) is 11.6 Å². The van der Waals surface area contributed by atoms with Gasteiger partial charge in [-0.25, -0.2) is 13.6 Å². The van der Waals surface area contributed by atoms with Gasteiger partial charge in [-0.15, -0.1) is 0 Å². The summed E-state index contributed by atoms with van der Waals surface area (Å²) in [5.41, 5.74) is 2.35. The minimum Gasteiger partial charge on any atom is -0.317 e. The van der Waals surface area contributed by atoms with Crippen molar-refractivity contribution in [2.75, 3.05) is 5.32 Å². The van der Waals surface area contributed by atoms with Crippen LogP contribution in [0.2, 0.25) is 0 Å². The number of amides is 2. The number of halogens is 2. The zero-order valence-corrected chi connectivity index (χ0v) is 17.3. The quantitative estimate of drug-likeness (QED) is 0.488. The van der Waals surface area contributed by atoms with Gasteiger partial charge in [0, 0.05) is 18.7 Å². The predicted octanol–water partition coefficient (Wildman–Crippen LogP) is 6.73. The smallest absolute Gasteiger partial charge is 0.317 e. The minimum atomic E-state index is -0.777. The Bertz CT molecular complexity index is 1000. The number of hydrogen-bond acceptors (Lipinski definition) is 1. The second-order valence-corrected chi connectivity index (χ2v) is 8.08. The first kappa shape index (κ1) is 21.0. The van der Waals surface area contributed by atoms with Crippen molar-refractivity contribution in [2.45, 2.75) is 44.2 Å². The molecule has 3 aromatic rings. The molecule has 3 nitrogen and oxygen atoms in total. The van der Waals surface area contributed by atoms with Crippen molar-refractivity contribution in [3.05, 3.63) is 102 Å². The van der Waals surface area contributed by atoms with Crippen molar-refractivity contribution >= 4 is 11.7 Å². The predicted molar refractivity (Wildman–Crippen MR) is 119 cm³/mol. The van der Waals surface area contributed by atoms with Crippen molar-refractivity contribution in [1.29, 1.82) is 0 Å². The summed E-state index contributed by atoms with van der Waals surface area (Å²) in [5, 5.41) is 2.64. The average molecular weight is 421 g/mol. The molecule has 3 aromatic carbocycles. The maximum absolute atomic E-state index is 14.1. The van der Waals surface area contributed by atoms with Gasteiger partial charge in [0.05, 0.1) is 5.69 Å². The summed E-state index contributed by atoms with van der Waals surface area (Å²) in [4.78, 5) is 15.0. The Morgan fingerprint density at radius 2 is 1.52 bits per heavy atom. The highest BCUT2D eigenvalue weighted by molar-refractivity contribution is 5.89. The van der Waals surface area contributed by atoms with Crippen LogP contribution in [-0.2, 0) is 6.54 Å². The Hall–Kier alpha value is -3.21. The second kappa shape index (κ2) is 9.73. The van der Waals surface area contributed by atoms with Crippen LogP contribution in [0, 0.1) is 11.6 Å². The molecule has 5 heteroatoms. The minimum absolute atomic E-state index is 0.0116. The highest BCUT2D eigenvalue weighted by atomic mass is 19.1.